The monoisotopic (exact) mass is 361 g/mol. The lowest BCUT2D eigenvalue weighted by Gasteiger charge is -2.28. The summed E-state index contributed by atoms with van der Waals surface area (Å²) in [5.41, 5.74) is 0.464. The highest BCUT2D eigenvalue weighted by Gasteiger charge is 2.25. The summed E-state index contributed by atoms with van der Waals surface area (Å²) in [6.07, 6.45) is 2.35. The number of aromatic nitrogens is 1. The van der Waals surface area contributed by atoms with Crippen molar-refractivity contribution in [3.63, 3.8) is 0 Å². The van der Waals surface area contributed by atoms with E-state index >= 15 is 0 Å². The van der Waals surface area contributed by atoms with E-state index in [4.69, 9.17) is 9.47 Å². The normalized spacial score (nSPS) is 13.4. The van der Waals surface area contributed by atoms with Gasteiger partial charge in [-0.15, -0.1) is 11.3 Å². The third-order valence-corrected chi connectivity index (χ3v) is 4.68. The van der Waals surface area contributed by atoms with Crippen LogP contribution in [0.2, 0.25) is 0 Å². The molecule has 1 N–H and O–H groups in total. The van der Waals surface area contributed by atoms with Gasteiger partial charge < -0.3 is 19.7 Å². The Labute approximate surface area is 149 Å². The molecule has 0 aliphatic carbocycles. The molecule has 0 saturated carbocycles. The molecule has 1 aromatic carbocycles. The number of rotatable bonds is 6. The lowest BCUT2D eigenvalue weighted by Crippen LogP contribution is -2.43. The van der Waals surface area contributed by atoms with Crippen molar-refractivity contribution in [2.24, 2.45) is 0 Å². The summed E-state index contributed by atoms with van der Waals surface area (Å²) in [6.45, 7) is 4.00. The van der Waals surface area contributed by atoms with Gasteiger partial charge in [-0.1, -0.05) is 6.92 Å². The first-order valence-corrected chi connectivity index (χ1v) is 8.86. The van der Waals surface area contributed by atoms with Gasteiger partial charge in [-0.3, -0.25) is 9.59 Å². The number of nitrogens with zero attached hydrogens (tertiary/aromatic N) is 2. The average molecular weight is 361 g/mol. The Morgan fingerprint density at radius 3 is 2.88 bits per heavy atom. The fraction of sp³-hybridized carbons (Fsp3) is 0.353. The molecule has 132 valence electrons. The van der Waals surface area contributed by atoms with Gasteiger partial charge in [0, 0.05) is 23.2 Å². The molecule has 8 heteroatoms. The van der Waals surface area contributed by atoms with Gasteiger partial charge in [-0.25, -0.2) is 4.98 Å². The maximum atomic E-state index is 12.9. The predicted octanol–water partition coefficient (Wildman–Crippen LogP) is 2.75. The molecular formula is C17H19N3O4S. The van der Waals surface area contributed by atoms with Crippen molar-refractivity contribution < 1.29 is 19.1 Å². The molecule has 25 heavy (non-hydrogen) atoms. The molecule has 0 saturated heterocycles. The number of carbonyl (C=O) groups excluding carboxylic acids is 2. The van der Waals surface area contributed by atoms with E-state index in [0.29, 0.717) is 22.2 Å². The van der Waals surface area contributed by atoms with Crippen molar-refractivity contribution in [3.8, 4) is 11.5 Å². The van der Waals surface area contributed by atoms with Crippen LogP contribution in [0, 0.1) is 0 Å². The van der Waals surface area contributed by atoms with Crippen LogP contribution in [0.15, 0.2) is 29.8 Å². The Bertz CT molecular complexity index is 763. The summed E-state index contributed by atoms with van der Waals surface area (Å²) in [6, 6.07) is 4.96. The minimum Gasteiger partial charge on any atom is -0.454 e. The third-order valence-electron chi connectivity index (χ3n) is 4.00. The van der Waals surface area contributed by atoms with Gasteiger partial charge in [-0.2, -0.15) is 0 Å². The van der Waals surface area contributed by atoms with E-state index < -0.39 is 0 Å². The summed E-state index contributed by atoms with van der Waals surface area (Å²) >= 11 is 1.33. The second kappa shape index (κ2) is 7.52. The fourth-order valence-electron chi connectivity index (χ4n) is 2.44. The smallest absolute Gasteiger partial charge is 0.254 e. The highest BCUT2D eigenvalue weighted by atomic mass is 32.1. The van der Waals surface area contributed by atoms with Gasteiger partial charge in [0.25, 0.3) is 5.91 Å². The predicted molar refractivity (Wildman–Crippen MR) is 94.1 cm³/mol. The van der Waals surface area contributed by atoms with E-state index in [1.165, 1.54) is 11.3 Å². The number of anilines is 1. The fourth-order valence-corrected chi connectivity index (χ4v) is 2.99. The highest BCUT2D eigenvalue weighted by Crippen LogP contribution is 2.33. The molecule has 2 aromatic rings. The number of ether oxygens (including phenoxy) is 2. The van der Waals surface area contributed by atoms with E-state index in [1.54, 1.807) is 34.7 Å². The summed E-state index contributed by atoms with van der Waals surface area (Å²) in [4.78, 5) is 30.8. The number of hydrogen-bond acceptors (Lipinski definition) is 6. The molecule has 7 nitrogen and oxygen atoms in total. The molecule has 3 rings (SSSR count). The van der Waals surface area contributed by atoms with Gasteiger partial charge in [0.15, 0.2) is 16.6 Å². The van der Waals surface area contributed by atoms with E-state index in [0.717, 1.165) is 6.42 Å². The van der Waals surface area contributed by atoms with Gasteiger partial charge >= 0.3 is 0 Å². The molecule has 1 unspecified atom stereocenters. The second-order valence-corrected chi connectivity index (χ2v) is 6.54. The maximum Gasteiger partial charge on any atom is 0.254 e. The molecule has 0 fully saturated rings. The molecule has 0 radical (unpaired) electrons. The van der Waals surface area contributed by atoms with Crippen LogP contribution in [0.3, 0.4) is 0 Å². The minimum absolute atomic E-state index is 0.0398. The number of hydrogen-bond donors (Lipinski definition) is 1. The number of thiazole rings is 1. The minimum atomic E-state index is -0.274. The zero-order valence-corrected chi connectivity index (χ0v) is 14.8. The molecule has 2 amide bonds. The van der Waals surface area contributed by atoms with Gasteiger partial charge in [0.05, 0.1) is 0 Å². The third kappa shape index (κ3) is 3.90. The molecular weight excluding hydrogens is 342 g/mol. The van der Waals surface area contributed by atoms with Crippen molar-refractivity contribution in [1.82, 2.24) is 9.88 Å². The summed E-state index contributed by atoms with van der Waals surface area (Å²) < 4.78 is 10.6. The second-order valence-electron chi connectivity index (χ2n) is 5.64. The van der Waals surface area contributed by atoms with Crippen molar-refractivity contribution in [3.05, 3.63) is 35.3 Å². The summed E-state index contributed by atoms with van der Waals surface area (Å²) in [5, 5.41) is 5.01. The summed E-state index contributed by atoms with van der Waals surface area (Å²) in [7, 11) is 0. The van der Waals surface area contributed by atoms with Crippen molar-refractivity contribution in [2.75, 3.05) is 18.7 Å². The van der Waals surface area contributed by atoms with Crippen LogP contribution >= 0.6 is 11.3 Å². The highest BCUT2D eigenvalue weighted by molar-refractivity contribution is 7.13. The van der Waals surface area contributed by atoms with Crippen LogP contribution in [0.25, 0.3) is 0 Å². The van der Waals surface area contributed by atoms with Crippen LogP contribution in [-0.4, -0.2) is 41.1 Å². The van der Waals surface area contributed by atoms with Crippen molar-refractivity contribution in [2.45, 2.75) is 26.3 Å². The zero-order valence-electron chi connectivity index (χ0n) is 14.0. The first-order chi connectivity index (χ1) is 12.1. The average Bonchev–Trinajstić information content (AvgIpc) is 3.29. The molecule has 1 aliphatic heterocycles. The molecule has 0 spiro atoms. The number of benzene rings is 1. The van der Waals surface area contributed by atoms with Gasteiger partial charge in [0.2, 0.25) is 12.7 Å². The lowest BCUT2D eigenvalue weighted by atomic mass is 10.1. The van der Waals surface area contributed by atoms with Gasteiger partial charge in [-0.05, 0) is 31.5 Å². The molecule has 1 atom stereocenters. The number of fused-ring (bicyclic) bond motifs is 1. The first-order valence-electron chi connectivity index (χ1n) is 7.98. The van der Waals surface area contributed by atoms with Crippen LogP contribution < -0.4 is 14.8 Å². The molecule has 2 heterocycles. The Kier molecular flexibility index (Phi) is 5.18. The van der Waals surface area contributed by atoms with Crippen LogP contribution in [-0.2, 0) is 4.79 Å². The van der Waals surface area contributed by atoms with E-state index in [-0.39, 0.29) is 31.2 Å². The molecule has 0 bridgehead atoms. The first kappa shape index (κ1) is 17.2. The number of nitrogens with one attached hydrogen (secondary N) is 1. The standard InChI is InChI=1S/C17H19N3O4S/c1-3-11(2)20(9-15(21)19-17-18-6-7-25-17)16(22)12-4-5-13-14(8-12)24-10-23-13/h4-8,11H,3,9-10H2,1-2H3,(H,18,19,21). The zero-order chi connectivity index (χ0) is 17.8. The number of amides is 2. The van der Waals surface area contributed by atoms with E-state index in [2.05, 4.69) is 10.3 Å². The van der Waals surface area contributed by atoms with Crippen molar-refractivity contribution >= 4 is 28.3 Å². The van der Waals surface area contributed by atoms with Gasteiger partial charge in [0.1, 0.15) is 6.54 Å². The Balaban J connectivity index is 1.75. The Morgan fingerprint density at radius 1 is 1.36 bits per heavy atom. The SMILES string of the molecule is CCC(C)N(CC(=O)Nc1nccs1)C(=O)c1ccc2c(c1)OCO2. The number of carbonyl (C=O) groups is 2. The van der Waals surface area contributed by atoms with Crippen LogP contribution in [0.5, 0.6) is 11.5 Å². The Hall–Kier alpha value is -2.61. The lowest BCUT2D eigenvalue weighted by molar-refractivity contribution is -0.117. The largest absolute Gasteiger partial charge is 0.454 e. The topological polar surface area (TPSA) is 80.8 Å². The Morgan fingerprint density at radius 2 is 2.16 bits per heavy atom. The maximum absolute atomic E-state index is 12.9. The van der Waals surface area contributed by atoms with E-state index in [9.17, 15) is 9.59 Å². The van der Waals surface area contributed by atoms with Crippen LogP contribution in [0.1, 0.15) is 30.6 Å². The quantitative estimate of drug-likeness (QED) is 0.856. The van der Waals surface area contributed by atoms with Crippen molar-refractivity contribution in [1.29, 1.82) is 0 Å². The molecule has 1 aliphatic rings. The molecule has 1 aromatic heterocycles. The van der Waals surface area contributed by atoms with E-state index in [1.807, 2.05) is 13.8 Å². The van der Waals surface area contributed by atoms with Crippen LogP contribution in [0.4, 0.5) is 5.13 Å². The summed E-state index contributed by atoms with van der Waals surface area (Å²) in [5.74, 6) is 0.668.